The molecule has 3 aromatic rings. The Bertz CT molecular complexity index is 1410. The molecular weight excluding hydrogens is 603 g/mol. The van der Waals surface area contributed by atoms with E-state index in [-0.39, 0.29) is 29.6 Å². The second-order valence-electron chi connectivity index (χ2n) is 7.90. The number of carbonyl (C=O) groups excluding carboxylic acids is 1. The quantitative estimate of drug-likeness (QED) is 0.259. The van der Waals surface area contributed by atoms with Crippen LogP contribution in [0, 0.1) is 0 Å². The number of ether oxygens (including phenoxy) is 2. The first-order valence-electron chi connectivity index (χ1n) is 11.1. The summed E-state index contributed by atoms with van der Waals surface area (Å²) in [7, 11) is -0.695. The Morgan fingerprint density at radius 3 is 2.41 bits per heavy atom. The third kappa shape index (κ3) is 7.96. The van der Waals surface area contributed by atoms with Crippen molar-refractivity contribution in [2.75, 3.05) is 20.7 Å². The first-order chi connectivity index (χ1) is 17.5. The smallest absolute Gasteiger partial charge is 0.246 e. The molecule has 0 saturated heterocycles. The number of rotatable bonds is 10. The van der Waals surface area contributed by atoms with Crippen LogP contribution in [0.4, 0.5) is 0 Å². The largest absolute Gasteiger partial charge is 0.495 e. The van der Waals surface area contributed by atoms with Gasteiger partial charge in [0.15, 0.2) is 0 Å². The molecule has 0 aliphatic carbocycles. The van der Waals surface area contributed by atoms with Gasteiger partial charge in [-0.2, -0.15) is 0 Å². The second-order valence-corrected chi connectivity index (χ2v) is 11.4. The molecule has 3 rings (SSSR count). The molecule has 3 aromatic carbocycles. The van der Waals surface area contributed by atoms with Gasteiger partial charge in [0.05, 0.1) is 7.11 Å². The molecule has 11 heteroatoms. The summed E-state index contributed by atoms with van der Waals surface area (Å²) < 4.78 is 39.5. The second kappa shape index (κ2) is 12.8. The van der Waals surface area contributed by atoms with Crippen LogP contribution < -0.4 is 14.2 Å². The average molecular weight is 628 g/mol. The van der Waals surface area contributed by atoms with Crippen molar-refractivity contribution in [2.45, 2.75) is 18.4 Å². The number of hydrogen-bond acceptors (Lipinski definition) is 5. The normalized spacial score (nSPS) is 11.5. The van der Waals surface area contributed by atoms with Crippen LogP contribution in [0.3, 0.4) is 0 Å². The molecule has 196 valence electrons. The van der Waals surface area contributed by atoms with E-state index in [2.05, 4.69) is 20.7 Å². The molecule has 0 heterocycles. The Morgan fingerprint density at radius 2 is 1.76 bits per heavy atom. The molecule has 0 fully saturated rings. The highest BCUT2D eigenvalue weighted by molar-refractivity contribution is 9.10. The molecule has 0 atom stereocenters. The van der Waals surface area contributed by atoms with Crippen molar-refractivity contribution in [1.29, 1.82) is 0 Å². The van der Waals surface area contributed by atoms with E-state index in [9.17, 15) is 13.2 Å². The van der Waals surface area contributed by atoms with Crippen molar-refractivity contribution in [2.24, 2.45) is 0 Å². The zero-order valence-electron chi connectivity index (χ0n) is 20.3. The number of halogens is 3. The highest BCUT2D eigenvalue weighted by Gasteiger charge is 2.19. The molecule has 1 N–H and O–H groups in total. The molecule has 0 unspecified atom stereocenters. The summed E-state index contributed by atoms with van der Waals surface area (Å²) in [5.41, 5.74) is 1.29. The van der Waals surface area contributed by atoms with Crippen LogP contribution in [-0.2, 0) is 21.4 Å². The Labute approximate surface area is 235 Å². The van der Waals surface area contributed by atoms with Gasteiger partial charge in [-0.15, -0.1) is 0 Å². The van der Waals surface area contributed by atoms with E-state index in [1.807, 2.05) is 12.1 Å². The topological polar surface area (TPSA) is 84.9 Å². The summed E-state index contributed by atoms with van der Waals surface area (Å²) in [6.07, 6.45) is 2.93. The zero-order chi connectivity index (χ0) is 27.2. The fourth-order valence-corrected chi connectivity index (χ4v) is 5.46. The molecule has 0 spiro atoms. The standard InChI is InChI=1S/C26H25BrCl2N2O5S/c1-4-30-37(33,34)25-11-17(5-9-23(25)35-3)6-10-26(32)31(2)16-18-7-8-19(27)12-24(18)36-22-14-20(28)13-21(29)15-22/h5-15,30H,4,16H2,1-3H3/b10-6+. The van der Waals surface area contributed by atoms with Crippen molar-refractivity contribution >= 4 is 61.1 Å². The third-order valence-corrected chi connectivity index (χ3v) is 7.60. The summed E-state index contributed by atoms with van der Waals surface area (Å²) in [5, 5.41) is 0.882. The lowest BCUT2D eigenvalue weighted by molar-refractivity contribution is -0.125. The van der Waals surface area contributed by atoms with Crippen LogP contribution in [-0.4, -0.2) is 39.9 Å². The number of nitrogens with one attached hydrogen (secondary N) is 1. The van der Waals surface area contributed by atoms with Gasteiger partial charge in [-0.1, -0.05) is 58.2 Å². The van der Waals surface area contributed by atoms with Crippen LogP contribution >= 0.6 is 39.1 Å². The number of hydrogen-bond donors (Lipinski definition) is 1. The number of benzene rings is 3. The fraction of sp³-hybridized carbons (Fsp3) is 0.192. The number of amides is 1. The summed E-state index contributed by atoms with van der Waals surface area (Å²) in [6, 6.07) is 15.1. The maximum atomic E-state index is 12.9. The van der Waals surface area contributed by atoms with Crippen LogP contribution in [0.25, 0.3) is 6.08 Å². The number of likely N-dealkylation sites (N-methyl/N-ethyl adjacent to an activating group) is 1. The number of methoxy groups -OCH3 is 1. The molecule has 0 radical (unpaired) electrons. The molecule has 0 aromatic heterocycles. The third-order valence-electron chi connectivity index (χ3n) is 5.11. The van der Waals surface area contributed by atoms with Gasteiger partial charge >= 0.3 is 0 Å². The molecule has 7 nitrogen and oxygen atoms in total. The van der Waals surface area contributed by atoms with Crippen molar-refractivity contribution in [3.05, 3.63) is 86.3 Å². The zero-order valence-corrected chi connectivity index (χ0v) is 24.2. The first-order valence-corrected chi connectivity index (χ1v) is 14.1. The van der Waals surface area contributed by atoms with Gasteiger partial charge in [0.25, 0.3) is 0 Å². The van der Waals surface area contributed by atoms with Crippen molar-refractivity contribution in [1.82, 2.24) is 9.62 Å². The maximum absolute atomic E-state index is 12.9. The van der Waals surface area contributed by atoms with Crippen molar-refractivity contribution in [3.8, 4) is 17.2 Å². The highest BCUT2D eigenvalue weighted by atomic mass is 79.9. The number of nitrogens with zero attached hydrogens (tertiary/aromatic N) is 1. The van der Waals surface area contributed by atoms with Crippen LogP contribution in [0.2, 0.25) is 10.0 Å². The van der Waals surface area contributed by atoms with E-state index < -0.39 is 10.0 Å². The monoisotopic (exact) mass is 626 g/mol. The van der Waals surface area contributed by atoms with Crippen LogP contribution in [0.1, 0.15) is 18.1 Å². The van der Waals surface area contributed by atoms with E-state index in [0.29, 0.717) is 27.1 Å². The molecule has 0 saturated carbocycles. The predicted molar refractivity (Wildman–Crippen MR) is 150 cm³/mol. The van der Waals surface area contributed by atoms with E-state index in [1.165, 1.54) is 24.2 Å². The average Bonchev–Trinajstić information content (AvgIpc) is 2.83. The van der Waals surface area contributed by atoms with Gasteiger partial charge in [-0.05, 0) is 54.1 Å². The Kier molecular flexibility index (Phi) is 10.0. The van der Waals surface area contributed by atoms with Gasteiger partial charge in [-0.3, -0.25) is 4.79 Å². The summed E-state index contributed by atoms with van der Waals surface area (Å²) in [5.74, 6) is 0.926. The summed E-state index contributed by atoms with van der Waals surface area (Å²) >= 11 is 15.6. The number of sulfonamides is 1. The van der Waals surface area contributed by atoms with Crippen molar-refractivity contribution < 1.29 is 22.7 Å². The molecular formula is C26H25BrCl2N2O5S. The molecule has 1 amide bonds. The van der Waals surface area contributed by atoms with Crippen LogP contribution in [0.5, 0.6) is 17.2 Å². The SMILES string of the molecule is CCNS(=O)(=O)c1cc(/C=C/C(=O)N(C)Cc2ccc(Br)cc2Oc2cc(Cl)cc(Cl)c2)ccc1OC. The minimum Gasteiger partial charge on any atom is -0.495 e. The Balaban J connectivity index is 1.79. The van der Waals surface area contributed by atoms with E-state index >= 15 is 0 Å². The summed E-state index contributed by atoms with van der Waals surface area (Å²) in [6.45, 7) is 2.18. The van der Waals surface area contributed by atoms with E-state index in [0.717, 1.165) is 10.0 Å². The number of carbonyl (C=O) groups is 1. The Hall–Kier alpha value is -2.56. The van der Waals surface area contributed by atoms with Gasteiger partial charge < -0.3 is 14.4 Å². The van der Waals surface area contributed by atoms with Gasteiger partial charge in [0.1, 0.15) is 22.1 Å². The highest BCUT2D eigenvalue weighted by Crippen LogP contribution is 2.33. The van der Waals surface area contributed by atoms with Gasteiger partial charge in [0.2, 0.25) is 15.9 Å². The van der Waals surface area contributed by atoms with Crippen molar-refractivity contribution in [3.63, 3.8) is 0 Å². The fourth-order valence-electron chi connectivity index (χ4n) is 3.37. The minimum absolute atomic E-state index is 0.00225. The van der Waals surface area contributed by atoms with Gasteiger partial charge in [-0.25, -0.2) is 13.1 Å². The lowest BCUT2D eigenvalue weighted by Gasteiger charge is -2.18. The molecule has 37 heavy (non-hydrogen) atoms. The first kappa shape index (κ1) is 29.0. The van der Waals surface area contributed by atoms with E-state index in [1.54, 1.807) is 56.4 Å². The lowest BCUT2D eigenvalue weighted by Crippen LogP contribution is -2.24. The van der Waals surface area contributed by atoms with Crippen LogP contribution in [0.15, 0.2) is 70.0 Å². The molecule has 0 aliphatic rings. The lowest BCUT2D eigenvalue weighted by atomic mass is 10.1. The van der Waals surface area contributed by atoms with E-state index in [4.69, 9.17) is 32.7 Å². The maximum Gasteiger partial charge on any atom is 0.246 e. The predicted octanol–water partition coefficient (Wildman–Crippen LogP) is 6.53. The van der Waals surface area contributed by atoms with Gasteiger partial charge in [0, 0.05) is 46.3 Å². The molecule has 0 aliphatic heterocycles. The minimum atomic E-state index is -3.75. The summed E-state index contributed by atoms with van der Waals surface area (Å²) in [4.78, 5) is 14.4. The Morgan fingerprint density at radius 1 is 1.05 bits per heavy atom. The molecule has 0 bridgehead atoms.